The van der Waals surface area contributed by atoms with E-state index >= 15 is 0 Å². The number of nitrogens with one attached hydrogen (secondary N) is 9. The van der Waals surface area contributed by atoms with Gasteiger partial charge in [-0.2, -0.15) is 17.6 Å². The second kappa shape index (κ2) is 33.4. The Bertz CT molecular complexity index is 2990. The van der Waals surface area contributed by atoms with Crippen LogP contribution in [0.25, 0.3) is 11.2 Å². The topological polar surface area (TPSA) is 514 Å². The Hall–Kier alpha value is -9.43. The largest absolute Gasteiger partial charge is 0.481 e. The first kappa shape index (κ1) is 67.8. The number of hydrogen-bond donors (Lipinski definition) is 15. The Kier molecular flexibility index (Phi) is 27.3. The average molecular weight is 1180 g/mol. The molecule has 0 aliphatic carbocycles. The van der Waals surface area contributed by atoms with Gasteiger partial charge in [-0.15, -0.1) is 0 Å². The summed E-state index contributed by atoms with van der Waals surface area (Å²) in [6.07, 6.45) is -4.94. The number of aromatic amines is 1. The molecule has 0 bridgehead atoms. The molecule has 0 saturated heterocycles. The van der Waals surface area contributed by atoms with Gasteiger partial charge in [0.25, 0.3) is 11.5 Å². The Morgan fingerprint density at radius 3 is 1.33 bits per heavy atom. The molecule has 2 heterocycles. The number of carbonyl (C=O) groups excluding carboxylic acids is 10. The molecule has 33 heteroatoms. The van der Waals surface area contributed by atoms with E-state index in [2.05, 4.69) is 75.1 Å². The van der Waals surface area contributed by atoms with Gasteiger partial charge in [0, 0.05) is 55.5 Å². The number of nitrogens with two attached hydrogens (primary N) is 1. The fraction of sp³-hybridized carbons (Fsp3) is 0.480. The van der Waals surface area contributed by atoms with Crippen LogP contribution >= 0.6 is 12.6 Å². The maximum Gasteiger partial charge on any atom is 0.327 e. The summed E-state index contributed by atoms with van der Waals surface area (Å²) >= 11 is 3.88. The number of aromatic nitrogens is 4. The van der Waals surface area contributed by atoms with Crippen LogP contribution in [0.2, 0.25) is 0 Å². The first-order chi connectivity index (χ1) is 39.1. The van der Waals surface area contributed by atoms with Crippen LogP contribution in [0.1, 0.15) is 114 Å². The Balaban J connectivity index is 1.77. The third-order valence-corrected chi connectivity index (χ3v) is 12.4. The van der Waals surface area contributed by atoms with E-state index in [0.717, 1.165) is 6.92 Å². The number of aliphatic carboxylic acids is 4. The molecule has 0 saturated carbocycles. The molecule has 0 aliphatic heterocycles. The number of carbonyl (C=O) groups is 14. The summed E-state index contributed by atoms with van der Waals surface area (Å²) in [5.74, 6) is -15.5. The molecule has 32 nitrogen and oxygen atoms in total. The molecule has 450 valence electrons. The molecule has 0 aliphatic rings. The van der Waals surface area contributed by atoms with Gasteiger partial charge in [-0.1, -0.05) is 0 Å². The summed E-state index contributed by atoms with van der Waals surface area (Å²) < 4.78 is 0. The standard InChI is InChI=1S/C50H65N13O19S/c1-23(64)4-11-29(55-36(67)17-14-34(48(79)80)60-41(72)26-7-9-27(10-8-26)52-20-28-21-53-40-39(54-28)47(78)63-50(51)62-40)42(73)58-32(15-18-37(68)69)44(75)56-30(12-5-24(2)65)43(74)59-33(16-19-38(70)71)45(76)57-31(13-6-25(3)66)46(77)61-35(22-83)49(81)82/h7-10,21,29-35,52,83H,4-6,11-20,22H2,1-3H3,(H,55,67)(H,56,75)(H,57,76)(H,58,73)(H,59,74)(H,60,72)(H,61,77)(H,68,69)(H,70,71)(H,79,80)(H,81,82)(H3,51,53,62,63,78)/t29-,30-,31-,32+,33+,34+,35+/m0/s1. The number of H-pyrrole nitrogens is 1. The van der Waals surface area contributed by atoms with Crippen molar-refractivity contribution in [2.75, 3.05) is 16.8 Å². The van der Waals surface area contributed by atoms with E-state index in [-0.39, 0.29) is 54.2 Å². The summed E-state index contributed by atoms with van der Waals surface area (Å²) in [6.45, 7) is 3.56. The van der Waals surface area contributed by atoms with Crippen LogP contribution in [0, 0.1) is 0 Å². The van der Waals surface area contributed by atoms with Crippen molar-refractivity contribution in [1.82, 2.24) is 57.2 Å². The maximum atomic E-state index is 14.0. The Morgan fingerprint density at radius 2 is 0.928 bits per heavy atom. The van der Waals surface area contributed by atoms with Gasteiger partial charge < -0.3 is 83.1 Å². The number of fused-ring (bicyclic) bond motifs is 1. The predicted molar refractivity (Wildman–Crippen MR) is 291 cm³/mol. The van der Waals surface area contributed by atoms with Gasteiger partial charge in [-0.05, 0) is 83.6 Å². The number of ketones is 3. The molecule has 3 aromatic rings. The monoisotopic (exact) mass is 1180 g/mol. The third-order valence-electron chi connectivity index (χ3n) is 12.0. The highest BCUT2D eigenvalue weighted by atomic mass is 32.1. The lowest BCUT2D eigenvalue weighted by atomic mass is 10.0. The van der Waals surface area contributed by atoms with Crippen LogP contribution in [-0.2, 0) is 68.9 Å². The van der Waals surface area contributed by atoms with Crippen LogP contribution in [-0.4, -0.2) is 171 Å². The number of amides is 7. The quantitative estimate of drug-likeness (QED) is 0.0268. The second-order valence-corrected chi connectivity index (χ2v) is 19.2. The van der Waals surface area contributed by atoms with Crippen molar-refractivity contribution in [3.8, 4) is 0 Å². The van der Waals surface area contributed by atoms with Gasteiger partial charge in [0.2, 0.25) is 41.4 Å². The summed E-state index contributed by atoms with van der Waals surface area (Å²) in [4.78, 5) is 205. The lowest BCUT2D eigenvalue weighted by molar-refractivity contribution is -0.142. The minimum atomic E-state index is -1.83. The van der Waals surface area contributed by atoms with E-state index in [0.29, 0.717) is 11.4 Å². The number of hydrogen-bond acceptors (Lipinski definition) is 21. The first-order valence-electron chi connectivity index (χ1n) is 25.5. The van der Waals surface area contributed by atoms with Crippen molar-refractivity contribution in [2.45, 2.75) is 147 Å². The summed E-state index contributed by atoms with van der Waals surface area (Å²) in [5, 5.41) is 57.3. The molecular formula is C50H65N13O19S. The highest BCUT2D eigenvalue weighted by molar-refractivity contribution is 7.80. The van der Waals surface area contributed by atoms with Crippen LogP contribution < -0.4 is 53.8 Å². The van der Waals surface area contributed by atoms with Crippen molar-refractivity contribution in [2.24, 2.45) is 0 Å². The number of nitrogen functional groups attached to an aromatic ring is 1. The van der Waals surface area contributed by atoms with E-state index in [4.69, 9.17) is 5.73 Å². The number of Topliss-reactive ketones (excluding diaryl/α,β-unsaturated/α-hetero) is 3. The van der Waals surface area contributed by atoms with Crippen LogP contribution in [0.4, 0.5) is 11.6 Å². The number of anilines is 2. The second-order valence-electron chi connectivity index (χ2n) is 18.9. The molecular weight excluding hydrogens is 1120 g/mol. The molecule has 1 aromatic carbocycles. The minimum Gasteiger partial charge on any atom is -0.481 e. The van der Waals surface area contributed by atoms with E-state index < -0.39 is 188 Å². The highest BCUT2D eigenvalue weighted by Crippen LogP contribution is 2.14. The molecule has 0 unspecified atom stereocenters. The van der Waals surface area contributed by atoms with Crippen molar-refractivity contribution in [1.29, 1.82) is 0 Å². The fourth-order valence-electron chi connectivity index (χ4n) is 7.50. The molecule has 15 N–H and O–H groups in total. The van der Waals surface area contributed by atoms with Gasteiger partial charge in [-0.3, -0.25) is 52.9 Å². The van der Waals surface area contributed by atoms with E-state index in [9.17, 15) is 92.3 Å². The van der Waals surface area contributed by atoms with E-state index in [1.165, 1.54) is 44.3 Å². The molecule has 2 aromatic heterocycles. The van der Waals surface area contributed by atoms with Crippen molar-refractivity contribution in [3.63, 3.8) is 0 Å². The predicted octanol–water partition coefficient (Wildman–Crippen LogP) is -2.37. The summed E-state index contributed by atoms with van der Waals surface area (Å²) in [7, 11) is 0. The molecule has 3 rings (SSSR count). The van der Waals surface area contributed by atoms with Gasteiger partial charge in [0.1, 0.15) is 59.6 Å². The van der Waals surface area contributed by atoms with Crippen LogP contribution in [0.15, 0.2) is 35.3 Å². The number of rotatable bonds is 37. The number of benzene rings is 1. The highest BCUT2D eigenvalue weighted by Gasteiger charge is 2.34. The Labute approximate surface area is 476 Å². The Morgan fingerprint density at radius 1 is 0.530 bits per heavy atom. The number of nitrogens with zero attached hydrogens (tertiary/aromatic N) is 3. The van der Waals surface area contributed by atoms with Crippen LogP contribution in [0.5, 0.6) is 0 Å². The molecule has 7 atom stereocenters. The van der Waals surface area contributed by atoms with Crippen LogP contribution in [0.3, 0.4) is 0 Å². The normalized spacial score (nSPS) is 13.4. The summed E-state index contributed by atoms with van der Waals surface area (Å²) in [6, 6.07) is -6.12. The van der Waals surface area contributed by atoms with Crippen molar-refractivity contribution in [3.05, 3.63) is 52.1 Å². The number of carboxylic acids is 4. The van der Waals surface area contributed by atoms with Crippen molar-refractivity contribution >= 4 is 118 Å². The molecule has 0 radical (unpaired) electrons. The fourth-order valence-corrected chi connectivity index (χ4v) is 7.75. The number of carboxylic acid groups (broad SMARTS) is 4. The zero-order valence-electron chi connectivity index (χ0n) is 45.1. The number of thiol groups is 1. The third kappa shape index (κ3) is 24.1. The maximum absolute atomic E-state index is 14.0. The molecule has 7 amide bonds. The molecule has 0 fully saturated rings. The zero-order chi connectivity index (χ0) is 62.1. The molecule has 0 spiro atoms. The smallest absolute Gasteiger partial charge is 0.327 e. The van der Waals surface area contributed by atoms with Crippen molar-refractivity contribution < 1.29 is 87.5 Å². The first-order valence-corrected chi connectivity index (χ1v) is 26.2. The van der Waals surface area contributed by atoms with E-state index in [1.54, 1.807) is 0 Å². The SMILES string of the molecule is CC(=O)CC[C@H](NC(=O)CC[C@@H](NC(=O)c1ccc(NCc2cnc3nc(N)[nH]c(=O)c3n2)cc1)C(=O)O)C(=O)N[C@H](CCC(=O)O)C(=O)N[C@@H](CCC(C)=O)C(=O)N[C@H](CCC(=O)O)C(=O)N[C@@H](CCC(C)=O)C(=O)N[C@H](CS)C(=O)O. The van der Waals surface area contributed by atoms with Gasteiger partial charge in [-0.25, -0.2) is 19.6 Å². The van der Waals surface area contributed by atoms with Gasteiger partial charge in [0.05, 0.1) is 18.4 Å². The molecule has 83 heavy (non-hydrogen) atoms. The summed E-state index contributed by atoms with van der Waals surface area (Å²) in [5.41, 5.74) is 5.82. The zero-order valence-corrected chi connectivity index (χ0v) is 46.0. The van der Waals surface area contributed by atoms with Gasteiger partial charge >= 0.3 is 23.9 Å². The average Bonchev–Trinajstić information content (AvgIpc) is 3.50. The minimum absolute atomic E-state index is 0.0157. The lowest BCUT2D eigenvalue weighted by Crippen LogP contribution is -2.59. The lowest BCUT2D eigenvalue weighted by Gasteiger charge is -2.27. The van der Waals surface area contributed by atoms with E-state index in [1.807, 2.05) is 0 Å². The van der Waals surface area contributed by atoms with Gasteiger partial charge in [0.15, 0.2) is 11.2 Å².